The monoisotopic (exact) mass is 350 g/mol. The number of nitrogens with two attached hydrogens (primary N) is 1. The van der Waals surface area contributed by atoms with Gasteiger partial charge < -0.3 is 11.1 Å². The molecule has 1 heterocycles. The maximum atomic E-state index is 12.1. The first-order valence-corrected chi connectivity index (χ1v) is 6.90. The summed E-state index contributed by atoms with van der Waals surface area (Å²) in [6, 6.07) is 7.07. The van der Waals surface area contributed by atoms with E-state index in [9.17, 15) is 24.5 Å². The van der Waals surface area contributed by atoms with E-state index in [1.54, 1.807) is 18.2 Å². The second kappa shape index (κ2) is 6.92. The number of carbonyl (C=O) groups is 2. The zero-order chi connectivity index (χ0) is 17.9. The van der Waals surface area contributed by atoms with Crippen LogP contribution in [0, 0.1) is 10.1 Å². The molecule has 2 rings (SSSR count). The zero-order valence-corrected chi connectivity index (χ0v) is 12.8. The van der Waals surface area contributed by atoms with Gasteiger partial charge in [0.15, 0.2) is 0 Å². The molecule has 0 aliphatic rings. The second-order valence-corrected chi connectivity index (χ2v) is 5.16. The van der Waals surface area contributed by atoms with Gasteiger partial charge in [-0.25, -0.2) is 0 Å². The minimum Gasteiger partial charge on any atom is -0.365 e. The summed E-state index contributed by atoms with van der Waals surface area (Å²) in [5.41, 5.74) is 3.43. The lowest BCUT2D eigenvalue weighted by Crippen LogP contribution is -2.33. The van der Waals surface area contributed by atoms with Gasteiger partial charge in [0.05, 0.1) is 11.1 Å². The van der Waals surface area contributed by atoms with Crippen LogP contribution >= 0.6 is 11.6 Å². The Hall–Kier alpha value is -3.20. The van der Waals surface area contributed by atoms with Gasteiger partial charge in [-0.1, -0.05) is 17.7 Å². The summed E-state index contributed by atoms with van der Waals surface area (Å²) in [5.74, 6) is -1.75. The van der Waals surface area contributed by atoms with Gasteiger partial charge in [0.25, 0.3) is 17.2 Å². The van der Waals surface area contributed by atoms with Crippen molar-refractivity contribution >= 4 is 34.8 Å². The van der Waals surface area contributed by atoms with Crippen molar-refractivity contribution in [2.75, 3.05) is 5.32 Å². The second-order valence-electron chi connectivity index (χ2n) is 4.72. The normalized spacial score (nSPS) is 10.2. The molecule has 2 amide bonds. The fourth-order valence-electron chi connectivity index (χ4n) is 1.94. The maximum absolute atomic E-state index is 12.1. The maximum Gasteiger partial charge on any atom is 0.286 e. The summed E-state index contributed by atoms with van der Waals surface area (Å²) in [6.45, 7) is -0.534. The Morgan fingerprint density at radius 2 is 2.04 bits per heavy atom. The lowest BCUT2D eigenvalue weighted by atomic mass is 10.2. The standard InChI is InChI=1S/C14H11ClN4O5/c15-8-2-1-3-9(4-8)17-12(20)7-18-6-10(19(23)24)5-11(13(16)21)14(18)22/h1-6H,7H2,(H2,16,21)(H,17,20). The number of nitro groups is 1. The predicted octanol–water partition coefficient (Wildman–Crippen LogP) is 1.15. The van der Waals surface area contributed by atoms with Crippen LogP contribution in [0.15, 0.2) is 41.3 Å². The molecule has 0 radical (unpaired) electrons. The number of aromatic nitrogens is 1. The molecule has 2 aromatic rings. The molecular weight excluding hydrogens is 340 g/mol. The van der Waals surface area contributed by atoms with Crippen molar-refractivity contribution < 1.29 is 14.5 Å². The molecule has 9 nitrogen and oxygen atoms in total. The average Bonchev–Trinajstić information content (AvgIpc) is 2.48. The summed E-state index contributed by atoms with van der Waals surface area (Å²) < 4.78 is 0.748. The van der Waals surface area contributed by atoms with Crippen LogP contribution in [-0.2, 0) is 11.3 Å². The molecule has 124 valence electrons. The summed E-state index contributed by atoms with van der Waals surface area (Å²) in [5, 5.41) is 13.8. The molecule has 0 fully saturated rings. The smallest absolute Gasteiger partial charge is 0.286 e. The minimum atomic E-state index is -1.12. The minimum absolute atomic E-state index is 0.390. The number of rotatable bonds is 5. The number of nitrogens with zero attached hydrogens (tertiary/aromatic N) is 2. The van der Waals surface area contributed by atoms with Gasteiger partial charge in [-0.15, -0.1) is 0 Å². The van der Waals surface area contributed by atoms with Crippen LogP contribution in [0.2, 0.25) is 5.02 Å². The molecule has 0 saturated carbocycles. The Kier molecular flexibility index (Phi) is 4.95. The molecule has 24 heavy (non-hydrogen) atoms. The summed E-state index contributed by atoms with van der Waals surface area (Å²) >= 11 is 5.79. The van der Waals surface area contributed by atoms with Crippen LogP contribution in [0.1, 0.15) is 10.4 Å². The molecule has 0 bridgehead atoms. The van der Waals surface area contributed by atoms with Gasteiger partial charge in [0.2, 0.25) is 5.91 Å². The first-order valence-electron chi connectivity index (χ1n) is 6.52. The van der Waals surface area contributed by atoms with Gasteiger partial charge >= 0.3 is 0 Å². The van der Waals surface area contributed by atoms with Crippen LogP contribution in [0.3, 0.4) is 0 Å². The number of hydrogen-bond donors (Lipinski definition) is 2. The van der Waals surface area contributed by atoms with Crippen molar-refractivity contribution in [2.45, 2.75) is 6.54 Å². The van der Waals surface area contributed by atoms with Crippen molar-refractivity contribution in [2.24, 2.45) is 5.73 Å². The molecule has 10 heteroatoms. The molecule has 0 unspecified atom stereocenters. The van der Waals surface area contributed by atoms with E-state index < -0.39 is 40.1 Å². The fraction of sp³-hybridized carbons (Fsp3) is 0.0714. The van der Waals surface area contributed by atoms with E-state index >= 15 is 0 Å². The van der Waals surface area contributed by atoms with E-state index in [1.165, 1.54) is 6.07 Å². The number of primary amides is 1. The van der Waals surface area contributed by atoms with Crippen LogP contribution < -0.4 is 16.6 Å². The molecular formula is C14H11ClN4O5. The van der Waals surface area contributed by atoms with E-state index in [1.807, 2.05) is 0 Å². The third-order valence-corrected chi connectivity index (χ3v) is 3.21. The van der Waals surface area contributed by atoms with Crippen LogP contribution in [0.5, 0.6) is 0 Å². The topological polar surface area (TPSA) is 137 Å². The average molecular weight is 351 g/mol. The highest BCUT2D eigenvalue weighted by Crippen LogP contribution is 2.15. The molecule has 0 aliphatic heterocycles. The number of amides is 2. The molecule has 0 atom stereocenters. The van der Waals surface area contributed by atoms with Crippen LogP contribution in [0.4, 0.5) is 11.4 Å². The SMILES string of the molecule is NC(=O)c1cc([N+](=O)[O-])cn(CC(=O)Nc2cccc(Cl)c2)c1=O. The van der Waals surface area contributed by atoms with E-state index in [-0.39, 0.29) is 0 Å². The Balaban J connectivity index is 2.31. The zero-order valence-electron chi connectivity index (χ0n) is 12.1. The first kappa shape index (κ1) is 17.2. The summed E-state index contributed by atoms with van der Waals surface area (Å²) in [7, 11) is 0. The van der Waals surface area contributed by atoms with Crippen LogP contribution in [-0.4, -0.2) is 21.3 Å². The van der Waals surface area contributed by atoms with Gasteiger partial charge in [-0.05, 0) is 18.2 Å². The highest BCUT2D eigenvalue weighted by molar-refractivity contribution is 6.30. The van der Waals surface area contributed by atoms with E-state index in [4.69, 9.17) is 17.3 Å². The Morgan fingerprint density at radius 3 is 2.62 bits per heavy atom. The Labute approximate surface area is 139 Å². The van der Waals surface area contributed by atoms with Crippen molar-refractivity contribution in [3.63, 3.8) is 0 Å². The summed E-state index contributed by atoms with van der Waals surface area (Å²) in [4.78, 5) is 45.4. The molecule has 3 N–H and O–H groups in total. The van der Waals surface area contributed by atoms with Crippen molar-refractivity contribution in [3.8, 4) is 0 Å². The largest absolute Gasteiger partial charge is 0.365 e. The summed E-state index contributed by atoms with van der Waals surface area (Å²) in [6.07, 6.45) is 0.867. The van der Waals surface area contributed by atoms with Gasteiger partial charge in [0.1, 0.15) is 12.1 Å². The number of anilines is 1. The van der Waals surface area contributed by atoms with Crippen molar-refractivity contribution in [3.05, 3.63) is 67.6 Å². The van der Waals surface area contributed by atoms with Crippen LogP contribution in [0.25, 0.3) is 0 Å². The fourth-order valence-corrected chi connectivity index (χ4v) is 2.13. The number of halogens is 1. The predicted molar refractivity (Wildman–Crippen MR) is 86.0 cm³/mol. The molecule has 1 aromatic heterocycles. The molecule has 0 saturated heterocycles. The quantitative estimate of drug-likeness (QED) is 0.615. The number of carbonyl (C=O) groups excluding carboxylic acids is 2. The highest BCUT2D eigenvalue weighted by atomic mass is 35.5. The van der Waals surface area contributed by atoms with Gasteiger partial charge in [-0.3, -0.25) is 29.1 Å². The number of benzene rings is 1. The van der Waals surface area contributed by atoms with Crippen molar-refractivity contribution in [1.82, 2.24) is 4.57 Å². The highest BCUT2D eigenvalue weighted by Gasteiger charge is 2.18. The third-order valence-electron chi connectivity index (χ3n) is 2.97. The molecule has 0 aliphatic carbocycles. The number of nitrogens with one attached hydrogen (secondary N) is 1. The third kappa shape index (κ3) is 3.96. The lowest BCUT2D eigenvalue weighted by Gasteiger charge is -2.08. The Bertz CT molecular complexity index is 893. The molecule has 1 aromatic carbocycles. The van der Waals surface area contributed by atoms with Gasteiger partial charge in [-0.2, -0.15) is 0 Å². The van der Waals surface area contributed by atoms with E-state index in [0.717, 1.165) is 16.8 Å². The number of hydrogen-bond acceptors (Lipinski definition) is 5. The van der Waals surface area contributed by atoms with Crippen molar-refractivity contribution in [1.29, 1.82) is 0 Å². The Morgan fingerprint density at radius 1 is 1.33 bits per heavy atom. The lowest BCUT2D eigenvalue weighted by molar-refractivity contribution is -0.385. The van der Waals surface area contributed by atoms with E-state index in [0.29, 0.717) is 10.7 Å². The van der Waals surface area contributed by atoms with E-state index in [2.05, 4.69) is 5.32 Å². The number of pyridine rings is 1. The van der Waals surface area contributed by atoms with Gasteiger partial charge in [0, 0.05) is 16.8 Å². The first-order chi connectivity index (χ1) is 11.3. The molecule has 0 spiro atoms.